The lowest BCUT2D eigenvalue weighted by atomic mass is 9.98. The molecule has 1 aromatic rings. The second kappa shape index (κ2) is 8.31. The summed E-state index contributed by atoms with van der Waals surface area (Å²) in [5.74, 6) is 2.01. The Morgan fingerprint density at radius 1 is 1.15 bits per heavy atom. The average molecular weight is 376 g/mol. The van der Waals surface area contributed by atoms with E-state index in [0.717, 1.165) is 44.1 Å². The Morgan fingerprint density at radius 3 is 2.52 bits per heavy atom. The van der Waals surface area contributed by atoms with Gasteiger partial charge in [0.25, 0.3) is 0 Å². The number of hydrogen-bond donors (Lipinski definition) is 1. The van der Waals surface area contributed by atoms with Crippen molar-refractivity contribution in [3.05, 3.63) is 12.4 Å². The van der Waals surface area contributed by atoms with Gasteiger partial charge < -0.3 is 19.9 Å². The minimum absolute atomic E-state index is 0.134. The summed E-state index contributed by atoms with van der Waals surface area (Å²) >= 11 is 0. The second-order valence-electron chi connectivity index (χ2n) is 8.69. The van der Waals surface area contributed by atoms with Crippen LogP contribution in [0.15, 0.2) is 12.4 Å². The molecule has 2 aliphatic rings. The van der Waals surface area contributed by atoms with Crippen molar-refractivity contribution in [2.24, 2.45) is 0 Å². The van der Waals surface area contributed by atoms with E-state index in [9.17, 15) is 4.79 Å². The Kier molecular flexibility index (Phi) is 6.07. The van der Waals surface area contributed by atoms with Gasteiger partial charge in [0, 0.05) is 37.8 Å². The molecular formula is C20H33N5O2. The fourth-order valence-corrected chi connectivity index (χ4v) is 3.91. The van der Waals surface area contributed by atoms with Crippen LogP contribution in [-0.2, 0) is 4.74 Å². The van der Waals surface area contributed by atoms with E-state index in [2.05, 4.69) is 38.1 Å². The molecule has 27 heavy (non-hydrogen) atoms. The van der Waals surface area contributed by atoms with Crippen LogP contribution in [0.2, 0.25) is 0 Å². The molecule has 0 bridgehead atoms. The van der Waals surface area contributed by atoms with E-state index in [4.69, 9.17) is 4.74 Å². The molecule has 1 amide bonds. The highest BCUT2D eigenvalue weighted by Crippen LogP contribution is 2.26. The Morgan fingerprint density at radius 2 is 1.85 bits per heavy atom. The number of carbonyl (C=O) groups is 1. The number of carbonyl (C=O) groups excluding carboxylic acids is 1. The van der Waals surface area contributed by atoms with Gasteiger partial charge in [0.2, 0.25) is 0 Å². The van der Waals surface area contributed by atoms with E-state index in [-0.39, 0.29) is 12.1 Å². The van der Waals surface area contributed by atoms with Gasteiger partial charge in [-0.3, -0.25) is 0 Å². The molecule has 2 atom stereocenters. The van der Waals surface area contributed by atoms with Gasteiger partial charge in [-0.05, 0) is 59.8 Å². The number of anilines is 2. The molecule has 2 saturated heterocycles. The number of ether oxygens (including phenoxy) is 1. The van der Waals surface area contributed by atoms with Crippen LogP contribution >= 0.6 is 0 Å². The molecule has 7 nitrogen and oxygen atoms in total. The van der Waals surface area contributed by atoms with Crippen molar-refractivity contribution >= 4 is 17.7 Å². The molecule has 0 spiro atoms. The van der Waals surface area contributed by atoms with Crippen molar-refractivity contribution in [1.82, 2.24) is 15.3 Å². The summed E-state index contributed by atoms with van der Waals surface area (Å²) in [5.41, 5.74) is -0.470. The Labute approximate surface area is 162 Å². The summed E-state index contributed by atoms with van der Waals surface area (Å²) in [5, 5.41) is 3.01. The largest absolute Gasteiger partial charge is 0.444 e. The molecule has 0 saturated carbocycles. The molecule has 0 radical (unpaired) electrons. The number of piperidine rings is 2. The quantitative estimate of drug-likeness (QED) is 0.874. The maximum absolute atomic E-state index is 12.0. The van der Waals surface area contributed by atoms with Crippen LogP contribution in [0, 0.1) is 0 Å². The van der Waals surface area contributed by atoms with Gasteiger partial charge in [0.05, 0.1) is 0 Å². The Balaban J connectivity index is 1.59. The van der Waals surface area contributed by atoms with Gasteiger partial charge in [-0.2, -0.15) is 0 Å². The van der Waals surface area contributed by atoms with Crippen molar-refractivity contribution in [3.63, 3.8) is 0 Å². The van der Waals surface area contributed by atoms with Crippen LogP contribution in [0.5, 0.6) is 0 Å². The molecule has 3 heterocycles. The normalized spacial score (nSPS) is 23.9. The van der Waals surface area contributed by atoms with Crippen molar-refractivity contribution in [1.29, 1.82) is 0 Å². The van der Waals surface area contributed by atoms with Crippen LogP contribution in [0.4, 0.5) is 16.4 Å². The van der Waals surface area contributed by atoms with Crippen molar-refractivity contribution in [2.75, 3.05) is 29.4 Å². The second-order valence-corrected chi connectivity index (χ2v) is 8.69. The number of hydrogen-bond acceptors (Lipinski definition) is 6. The summed E-state index contributed by atoms with van der Waals surface area (Å²) in [7, 11) is 0. The van der Waals surface area contributed by atoms with Crippen molar-refractivity contribution < 1.29 is 9.53 Å². The van der Waals surface area contributed by atoms with Crippen LogP contribution in [-0.4, -0.2) is 53.4 Å². The molecule has 7 heteroatoms. The van der Waals surface area contributed by atoms with E-state index < -0.39 is 5.60 Å². The van der Waals surface area contributed by atoms with Crippen LogP contribution < -0.4 is 15.1 Å². The molecule has 2 unspecified atom stereocenters. The van der Waals surface area contributed by atoms with Gasteiger partial charge in [-0.25, -0.2) is 14.8 Å². The van der Waals surface area contributed by atoms with Gasteiger partial charge in [-0.15, -0.1) is 0 Å². The first-order valence-electron chi connectivity index (χ1n) is 10.1. The maximum atomic E-state index is 12.0. The molecule has 2 aliphatic heterocycles. The lowest BCUT2D eigenvalue weighted by Crippen LogP contribution is -2.50. The van der Waals surface area contributed by atoms with E-state index in [1.807, 2.05) is 20.8 Å². The number of nitrogens with zero attached hydrogens (tertiary/aromatic N) is 4. The number of rotatable bonds is 3. The monoisotopic (exact) mass is 375 g/mol. The lowest BCUT2D eigenvalue weighted by Gasteiger charge is -2.39. The first-order chi connectivity index (χ1) is 12.8. The molecule has 0 aromatic carbocycles. The number of nitrogens with one attached hydrogen (secondary N) is 1. The van der Waals surface area contributed by atoms with Crippen LogP contribution in [0.3, 0.4) is 0 Å². The molecule has 3 rings (SSSR count). The topological polar surface area (TPSA) is 70.6 Å². The predicted octanol–water partition coefficient (Wildman–Crippen LogP) is 3.35. The molecule has 1 aromatic heterocycles. The van der Waals surface area contributed by atoms with E-state index in [0.29, 0.717) is 6.04 Å². The van der Waals surface area contributed by atoms with Gasteiger partial charge in [-0.1, -0.05) is 0 Å². The van der Waals surface area contributed by atoms with Gasteiger partial charge >= 0.3 is 6.09 Å². The lowest BCUT2D eigenvalue weighted by molar-refractivity contribution is 0.0494. The van der Waals surface area contributed by atoms with Crippen molar-refractivity contribution in [3.8, 4) is 0 Å². The van der Waals surface area contributed by atoms with E-state index >= 15 is 0 Å². The van der Waals surface area contributed by atoms with Crippen LogP contribution in [0.1, 0.15) is 59.8 Å². The average Bonchev–Trinajstić information content (AvgIpc) is 2.61. The maximum Gasteiger partial charge on any atom is 0.407 e. The predicted molar refractivity (Wildman–Crippen MR) is 107 cm³/mol. The van der Waals surface area contributed by atoms with E-state index in [1.54, 1.807) is 6.33 Å². The van der Waals surface area contributed by atoms with Crippen molar-refractivity contribution in [2.45, 2.75) is 77.5 Å². The molecule has 1 N–H and O–H groups in total. The summed E-state index contributed by atoms with van der Waals surface area (Å²) in [6.07, 6.45) is 6.88. The highest BCUT2D eigenvalue weighted by atomic mass is 16.6. The zero-order chi connectivity index (χ0) is 19.4. The molecule has 150 valence electrons. The first-order valence-corrected chi connectivity index (χ1v) is 10.1. The number of amides is 1. The van der Waals surface area contributed by atoms with Crippen LogP contribution in [0.25, 0.3) is 0 Å². The standard InChI is InChI=1S/C20H33N5O2/c1-15-12-16(23-19(26)27-20(2,3)4)8-11-25(15)18-13-17(21-14-22-18)24-9-6-5-7-10-24/h13-16H,5-12H2,1-4H3,(H,23,26). The third-order valence-electron chi connectivity index (χ3n) is 5.21. The SMILES string of the molecule is CC1CC(NC(=O)OC(C)(C)C)CCN1c1cc(N2CCCCC2)ncn1. The minimum atomic E-state index is -0.470. The molecular weight excluding hydrogens is 342 g/mol. The Hall–Kier alpha value is -2.05. The third-order valence-corrected chi connectivity index (χ3v) is 5.21. The first kappa shape index (κ1) is 19.7. The molecule has 0 aliphatic carbocycles. The third kappa shape index (κ3) is 5.47. The highest BCUT2D eigenvalue weighted by Gasteiger charge is 2.29. The molecule has 2 fully saturated rings. The van der Waals surface area contributed by atoms with Gasteiger partial charge in [0.15, 0.2) is 0 Å². The fourth-order valence-electron chi connectivity index (χ4n) is 3.91. The van der Waals surface area contributed by atoms with Gasteiger partial charge in [0.1, 0.15) is 23.6 Å². The number of aromatic nitrogens is 2. The zero-order valence-corrected chi connectivity index (χ0v) is 17.1. The summed E-state index contributed by atoms with van der Waals surface area (Å²) in [6, 6.07) is 2.54. The fraction of sp³-hybridized carbons (Fsp3) is 0.750. The smallest absolute Gasteiger partial charge is 0.407 e. The van der Waals surface area contributed by atoms with E-state index in [1.165, 1.54) is 19.3 Å². The summed E-state index contributed by atoms with van der Waals surface area (Å²) < 4.78 is 5.38. The summed E-state index contributed by atoms with van der Waals surface area (Å²) in [4.78, 5) is 25.7. The number of alkyl carbamates (subject to hydrolysis) is 1. The zero-order valence-electron chi connectivity index (χ0n) is 17.1. The summed E-state index contributed by atoms with van der Waals surface area (Å²) in [6.45, 7) is 10.8. The highest BCUT2D eigenvalue weighted by molar-refractivity contribution is 5.68. The Bertz CT molecular complexity index is 640. The minimum Gasteiger partial charge on any atom is -0.444 e.